The lowest BCUT2D eigenvalue weighted by Gasteiger charge is -2.22. The van der Waals surface area contributed by atoms with Gasteiger partial charge in [0.1, 0.15) is 5.75 Å². The Balaban J connectivity index is 1.81. The molecular weight excluding hydrogens is 188 g/mol. The summed E-state index contributed by atoms with van der Waals surface area (Å²) in [5, 5.41) is 3.38. The van der Waals surface area contributed by atoms with E-state index < -0.39 is 0 Å². The van der Waals surface area contributed by atoms with E-state index in [1.54, 1.807) is 0 Å². The molecule has 2 rings (SSSR count). The molecule has 1 saturated heterocycles. The standard InChI is InChI=1S/C12H18N2O/c13-11-4-1-5-12(7-11)15-9-10-3-2-6-14-8-10/h1,4-5,7,10,14H,2-3,6,8-9,13H2. The fourth-order valence-electron chi connectivity index (χ4n) is 1.88. The minimum atomic E-state index is 0.639. The highest BCUT2D eigenvalue weighted by atomic mass is 16.5. The molecule has 0 amide bonds. The van der Waals surface area contributed by atoms with E-state index in [0.717, 1.165) is 31.1 Å². The maximum absolute atomic E-state index is 5.71. The van der Waals surface area contributed by atoms with Crippen molar-refractivity contribution in [1.82, 2.24) is 5.32 Å². The fourth-order valence-corrected chi connectivity index (χ4v) is 1.88. The molecule has 15 heavy (non-hydrogen) atoms. The van der Waals surface area contributed by atoms with Crippen LogP contribution in [0.2, 0.25) is 0 Å². The van der Waals surface area contributed by atoms with Crippen LogP contribution >= 0.6 is 0 Å². The highest BCUT2D eigenvalue weighted by Crippen LogP contribution is 2.17. The first kappa shape index (κ1) is 10.3. The van der Waals surface area contributed by atoms with Crippen LogP contribution < -0.4 is 15.8 Å². The minimum Gasteiger partial charge on any atom is -0.493 e. The summed E-state index contributed by atoms with van der Waals surface area (Å²) in [6, 6.07) is 7.61. The summed E-state index contributed by atoms with van der Waals surface area (Å²) in [6.07, 6.45) is 2.51. The first-order valence-corrected chi connectivity index (χ1v) is 5.53. The molecule has 1 aliphatic rings. The molecule has 1 aromatic rings. The number of ether oxygens (including phenoxy) is 1. The predicted molar refractivity (Wildman–Crippen MR) is 61.9 cm³/mol. The van der Waals surface area contributed by atoms with Gasteiger partial charge in [-0.25, -0.2) is 0 Å². The van der Waals surface area contributed by atoms with Gasteiger partial charge in [-0.3, -0.25) is 0 Å². The number of piperidine rings is 1. The molecule has 0 radical (unpaired) electrons. The number of anilines is 1. The van der Waals surface area contributed by atoms with Gasteiger partial charge in [0.05, 0.1) is 6.61 Å². The molecule has 0 spiro atoms. The van der Waals surface area contributed by atoms with E-state index in [9.17, 15) is 0 Å². The molecule has 82 valence electrons. The van der Waals surface area contributed by atoms with Gasteiger partial charge in [-0.1, -0.05) is 6.07 Å². The van der Waals surface area contributed by atoms with Gasteiger partial charge in [0.2, 0.25) is 0 Å². The maximum Gasteiger partial charge on any atom is 0.121 e. The van der Waals surface area contributed by atoms with Gasteiger partial charge in [0.25, 0.3) is 0 Å². The van der Waals surface area contributed by atoms with E-state index in [-0.39, 0.29) is 0 Å². The average Bonchev–Trinajstić information content (AvgIpc) is 2.28. The van der Waals surface area contributed by atoms with Crippen molar-refractivity contribution >= 4 is 5.69 Å². The Bertz CT molecular complexity index is 308. The topological polar surface area (TPSA) is 47.3 Å². The molecule has 1 fully saturated rings. The summed E-state index contributed by atoms with van der Waals surface area (Å²) in [5.41, 5.74) is 6.43. The second-order valence-corrected chi connectivity index (χ2v) is 4.10. The number of nitrogen functional groups attached to an aromatic ring is 1. The molecule has 1 aliphatic heterocycles. The Morgan fingerprint density at radius 3 is 3.13 bits per heavy atom. The first-order valence-electron chi connectivity index (χ1n) is 5.53. The number of nitrogens with two attached hydrogens (primary N) is 1. The molecule has 1 unspecified atom stereocenters. The Labute approximate surface area is 90.6 Å². The lowest BCUT2D eigenvalue weighted by atomic mass is 10.0. The van der Waals surface area contributed by atoms with Crippen LogP contribution in [-0.4, -0.2) is 19.7 Å². The third kappa shape index (κ3) is 3.13. The van der Waals surface area contributed by atoms with Crippen molar-refractivity contribution < 1.29 is 4.74 Å². The van der Waals surface area contributed by atoms with Gasteiger partial charge in [-0.15, -0.1) is 0 Å². The van der Waals surface area contributed by atoms with Crippen LogP contribution in [0.15, 0.2) is 24.3 Å². The molecule has 1 atom stereocenters. The zero-order valence-electron chi connectivity index (χ0n) is 8.91. The van der Waals surface area contributed by atoms with Gasteiger partial charge >= 0.3 is 0 Å². The lowest BCUT2D eigenvalue weighted by molar-refractivity contribution is 0.218. The Kier molecular flexibility index (Phi) is 3.45. The van der Waals surface area contributed by atoms with Crippen molar-refractivity contribution in [2.75, 3.05) is 25.4 Å². The highest BCUT2D eigenvalue weighted by molar-refractivity contribution is 5.43. The summed E-state index contributed by atoms with van der Waals surface area (Å²) in [7, 11) is 0. The van der Waals surface area contributed by atoms with E-state index in [0.29, 0.717) is 5.92 Å². The van der Waals surface area contributed by atoms with Gasteiger partial charge in [-0.05, 0) is 31.5 Å². The van der Waals surface area contributed by atoms with Crippen LogP contribution in [0.3, 0.4) is 0 Å². The van der Waals surface area contributed by atoms with Crippen LogP contribution in [0.5, 0.6) is 5.75 Å². The maximum atomic E-state index is 5.71. The molecule has 0 bridgehead atoms. The van der Waals surface area contributed by atoms with Crippen molar-refractivity contribution in [3.63, 3.8) is 0 Å². The van der Waals surface area contributed by atoms with Crippen LogP contribution in [-0.2, 0) is 0 Å². The van der Waals surface area contributed by atoms with Crippen LogP contribution in [0.4, 0.5) is 5.69 Å². The van der Waals surface area contributed by atoms with E-state index in [2.05, 4.69) is 5.32 Å². The summed E-state index contributed by atoms with van der Waals surface area (Å²) in [6.45, 7) is 3.01. The summed E-state index contributed by atoms with van der Waals surface area (Å²) < 4.78 is 5.71. The van der Waals surface area contributed by atoms with E-state index >= 15 is 0 Å². The number of hydrogen-bond donors (Lipinski definition) is 2. The van der Waals surface area contributed by atoms with Crippen molar-refractivity contribution in [1.29, 1.82) is 0 Å². The number of rotatable bonds is 3. The second-order valence-electron chi connectivity index (χ2n) is 4.10. The van der Waals surface area contributed by atoms with Gasteiger partial charge in [-0.2, -0.15) is 0 Å². The zero-order valence-corrected chi connectivity index (χ0v) is 8.91. The Morgan fingerprint density at radius 1 is 1.47 bits per heavy atom. The van der Waals surface area contributed by atoms with Crippen molar-refractivity contribution in [3.8, 4) is 5.75 Å². The highest BCUT2D eigenvalue weighted by Gasteiger charge is 2.13. The van der Waals surface area contributed by atoms with E-state index in [4.69, 9.17) is 10.5 Å². The summed E-state index contributed by atoms with van der Waals surface area (Å²) >= 11 is 0. The van der Waals surface area contributed by atoms with Gasteiger partial charge in [0.15, 0.2) is 0 Å². The third-order valence-electron chi connectivity index (χ3n) is 2.74. The Hall–Kier alpha value is -1.22. The molecule has 1 aromatic carbocycles. The normalized spacial score (nSPS) is 21.2. The molecule has 3 heteroatoms. The lowest BCUT2D eigenvalue weighted by Crippen LogP contribution is -2.33. The van der Waals surface area contributed by atoms with Crippen LogP contribution in [0.1, 0.15) is 12.8 Å². The number of hydrogen-bond acceptors (Lipinski definition) is 3. The average molecular weight is 206 g/mol. The largest absolute Gasteiger partial charge is 0.493 e. The second kappa shape index (κ2) is 5.03. The quantitative estimate of drug-likeness (QED) is 0.739. The molecule has 0 saturated carbocycles. The monoisotopic (exact) mass is 206 g/mol. The van der Waals surface area contributed by atoms with Crippen molar-refractivity contribution in [2.24, 2.45) is 5.92 Å². The SMILES string of the molecule is Nc1cccc(OCC2CCCNC2)c1. The van der Waals surface area contributed by atoms with Gasteiger partial charge in [0, 0.05) is 24.2 Å². The van der Waals surface area contributed by atoms with Crippen molar-refractivity contribution in [2.45, 2.75) is 12.8 Å². The third-order valence-corrected chi connectivity index (χ3v) is 2.74. The molecule has 0 aliphatic carbocycles. The van der Waals surface area contributed by atoms with E-state index in [1.807, 2.05) is 24.3 Å². The first-order chi connectivity index (χ1) is 7.34. The molecular formula is C12H18N2O. The molecule has 3 nitrogen and oxygen atoms in total. The van der Waals surface area contributed by atoms with Crippen molar-refractivity contribution in [3.05, 3.63) is 24.3 Å². The zero-order chi connectivity index (χ0) is 10.5. The summed E-state index contributed by atoms with van der Waals surface area (Å²) in [5.74, 6) is 1.51. The predicted octanol–water partition coefficient (Wildman–Crippen LogP) is 1.65. The fraction of sp³-hybridized carbons (Fsp3) is 0.500. The summed E-state index contributed by atoms with van der Waals surface area (Å²) in [4.78, 5) is 0. The molecule has 3 N–H and O–H groups in total. The van der Waals surface area contributed by atoms with E-state index in [1.165, 1.54) is 12.8 Å². The van der Waals surface area contributed by atoms with Crippen LogP contribution in [0, 0.1) is 5.92 Å². The molecule has 1 heterocycles. The number of nitrogens with one attached hydrogen (secondary N) is 1. The van der Waals surface area contributed by atoms with Crippen LogP contribution in [0.25, 0.3) is 0 Å². The van der Waals surface area contributed by atoms with Gasteiger partial charge < -0.3 is 15.8 Å². The number of benzene rings is 1. The Morgan fingerprint density at radius 2 is 2.40 bits per heavy atom. The smallest absolute Gasteiger partial charge is 0.121 e. The minimum absolute atomic E-state index is 0.639. The molecule has 0 aromatic heterocycles.